The summed E-state index contributed by atoms with van der Waals surface area (Å²) >= 11 is 3.34. The van der Waals surface area contributed by atoms with Crippen LogP contribution in [0, 0.1) is 6.92 Å². The maximum Gasteiger partial charge on any atom is 0.251 e. The Morgan fingerprint density at radius 3 is 2.72 bits per heavy atom. The monoisotopic (exact) mass is 331 g/mol. The van der Waals surface area contributed by atoms with Gasteiger partial charge in [-0.2, -0.15) is 0 Å². The molecule has 0 aromatic heterocycles. The van der Waals surface area contributed by atoms with Crippen molar-refractivity contribution >= 4 is 31.7 Å². The number of sulfone groups is 1. The van der Waals surface area contributed by atoms with Crippen molar-refractivity contribution in [2.24, 2.45) is 0 Å². The van der Waals surface area contributed by atoms with Crippen LogP contribution in [0.3, 0.4) is 0 Å². The number of carbonyl (C=O) groups excluding carboxylic acids is 1. The minimum Gasteiger partial charge on any atom is -0.348 e. The zero-order valence-corrected chi connectivity index (χ0v) is 12.3. The van der Waals surface area contributed by atoms with Crippen LogP contribution in [0.5, 0.6) is 0 Å². The van der Waals surface area contributed by atoms with E-state index in [1.54, 1.807) is 12.1 Å². The molecule has 1 N–H and O–H groups in total. The van der Waals surface area contributed by atoms with Crippen LogP contribution in [0.1, 0.15) is 22.3 Å². The number of carbonyl (C=O) groups is 1. The number of hydrogen-bond donors (Lipinski definition) is 1. The molecule has 0 aliphatic carbocycles. The van der Waals surface area contributed by atoms with Crippen LogP contribution in [0.25, 0.3) is 0 Å². The normalized spacial score (nSPS) is 21.8. The predicted molar refractivity (Wildman–Crippen MR) is 73.4 cm³/mol. The van der Waals surface area contributed by atoms with Crippen LogP contribution in [0.15, 0.2) is 22.7 Å². The van der Waals surface area contributed by atoms with E-state index in [0.29, 0.717) is 12.0 Å². The van der Waals surface area contributed by atoms with Gasteiger partial charge in [0.15, 0.2) is 9.84 Å². The fraction of sp³-hybridized carbons (Fsp3) is 0.417. The number of amides is 1. The SMILES string of the molecule is Cc1cc(Br)ccc1C(=O)NC1CCS(=O)(=O)C1. The lowest BCUT2D eigenvalue weighted by atomic mass is 10.1. The van der Waals surface area contributed by atoms with Crippen molar-refractivity contribution in [3.05, 3.63) is 33.8 Å². The summed E-state index contributed by atoms with van der Waals surface area (Å²) in [6.07, 6.45) is 0.504. The van der Waals surface area contributed by atoms with Gasteiger partial charge in [0.1, 0.15) is 0 Å². The van der Waals surface area contributed by atoms with E-state index >= 15 is 0 Å². The predicted octanol–water partition coefficient (Wildman–Crippen LogP) is 1.67. The molecule has 0 saturated carbocycles. The van der Waals surface area contributed by atoms with Gasteiger partial charge in [-0.05, 0) is 37.1 Å². The smallest absolute Gasteiger partial charge is 0.251 e. The first-order valence-corrected chi connectivity index (χ1v) is 8.26. The Hall–Kier alpha value is -0.880. The lowest BCUT2D eigenvalue weighted by molar-refractivity contribution is 0.0940. The van der Waals surface area contributed by atoms with Gasteiger partial charge in [0.2, 0.25) is 0 Å². The van der Waals surface area contributed by atoms with E-state index in [4.69, 9.17) is 0 Å². The second kappa shape index (κ2) is 5.01. The van der Waals surface area contributed by atoms with Crippen LogP contribution in [-0.2, 0) is 9.84 Å². The zero-order chi connectivity index (χ0) is 13.3. The molecule has 1 aliphatic rings. The van der Waals surface area contributed by atoms with Crippen LogP contribution >= 0.6 is 15.9 Å². The van der Waals surface area contributed by atoms with E-state index in [2.05, 4.69) is 21.2 Å². The zero-order valence-electron chi connectivity index (χ0n) is 9.94. The minimum absolute atomic E-state index is 0.0499. The molecule has 1 fully saturated rings. The van der Waals surface area contributed by atoms with Gasteiger partial charge < -0.3 is 5.32 Å². The molecule has 1 amide bonds. The number of nitrogens with one attached hydrogen (secondary N) is 1. The lowest BCUT2D eigenvalue weighted by Gasteiger charge is -2.12. The average Bonchev–Trinajstić information content (AvgIpc) is 2.57. The van der Waals surface area contributed by atoms with Gasteiger partial charge in [-0.25, -0.2) is 8.42 Å². The molecule has 1 unspecified atom stereocenters. The molecular weight excluding hydrogens is 318 g/mol. The maximum atomic E-state index is 12.0. The van der Waals surface area contributed by atoms with Crippen molar-refractivity contribution < 1.29 is 13.2 Å². The summed E-state index contributed by atoms with van der Waals surface area (Å²) in [5.41, 5.74) is 1.45. The third kappa shape index (κ3) is 3.11. The van der Waals surface area contributed by atoms with Crippen molar-refractivity contribution in [3.8, 4) is 0 Å². The van der Waals surface area contributed by atoms with E-state index in [-0.39, 0.29) is 23.5 Å². The third-order valence-electron chi connectivity index (χ3n) is 3.00. The summed E-state index contributed by atoms with van der Waals surface area (Å²) in [6.45, 7) is 1.85. The van der Waals surface area contributed by atoms with Gasteiger partial charge in [0, 0.05) is 16.1 Å². The summed E-state index contributed by atoms with van der Waals surface area (Å²) in [4.78, 5) is 12.0. The van der Waals surface area contributed by atoms with Crippen molar-refractivity contribution in [3.63, 3.8) is 0 Å². The van der Waals surface area contributed by atoms with Gasteiger partial charge in [0.05, 0.1) is 11.5 Å². The number of halogens is 1. The fourth-order valence-electron chi connectivity index (χ4n) is 2.05. The highest BCUT2D eigenvalue weighted by Crippen LogP contribution is 2.17. The van der Waals surface area contributed by atoms with Crippen molar-refractivity contribution in [1.82, 2.24) is 5.32 Å². The second-order valence-corrected chi connectivity index (χ2v) is 7.68. The average molecular weight is 332 g/mol. The molecule has 2 rings (SSSR count). The fourth-order valence-corrected chi connectivity index (χ4v) is 4.20. The molecule has 4 nitrogen and oxygen atoms in total. The first-order chi connectivity index (χ1) is 8.37. The second-order valence-electron chi connectivity index (χ2n) is 4.53. The van der Waals surface area contributed by atoms with Crippen molar-refractivity contribution in [2.75, 3.05) is 11.5 Å². The Kier molecular flexibility index (Phi) is 3.77. The quantitative estimate of drug-likeness (QED) is 0.896. The first kappa shape index (κ1) is 13.5. The lowest BCUT2D eigenvalue weighted by Crippen LogP contribution is -2.35. The summed E-state index contributed by atoms with van der Waals surface area (Å²) in [7, 11) is -2.96. The van der Waals surface area contributed by atoms with Gasteiger partial charge >= 0.3 is 0 Å². The van der Waals surface area contributed by atoms with E-state index in [1.165, 1.54) is 0 Å². The summed E-state index contributed by atoms with van der Waals surface area (Å²) in [5, 5.41) is 2.78. The van der Waals surface area contributed by atoms with E-state index in [9.17, 15) is 13.2 Å². The number of hydrogen-bond acceptors (Lipinski definition) is 3. The molecular formula is C12H14BrNO3S. The van der Waals surface area contributed by atoms with Crippen LogP contribution in [0.2, 0.25) is 0 Å². The summed E-state index contributed by atoms with van der Waals surface area (Å²) < 4.78 is 23.5. The molecule has 1 aliphatic heterocycles. The molecule has 1 heterocycles. The Balaban J connectivity index is 2.09. The maximum absolute atomic E-state index is 12.0. The Bertz CT molecular complexity index is 583. The van der Waals surface area contributed by atoms with Gasteiger partial charge in [0.25, 0.3) is 5.91 Å². The molecule has 98 valence electrons. The highest BCUT2D eigenvalue weighted by Gasteiger charge is 2.29. The standard InChI is InChI=1S/C12H14BrNO3S/c1-8-6-9(13)2-3-11(8)12(15)14-10-4-5-18(16,17)7-10/h2-3,6,10H,4-5,7H2,1H3,(H,14,15). The minimum atomic E-state index is -2.96. The molecule has 0 spiro atoms. The Morgan fingerprint density at radius 1 is 1.44 bits per heavy atom. The van der Waals surface area contributed by atoms with Crippen LogP contribution in [0.4, 0.5) is 0 Å². The van der Waals surface area contributed by atoms with E-state index < -0.39 is 9.84 Å². The summed E-state index contributed by atoms with van der Waals surface area (Å²) in [6, 6.07) is 5.14. The highest BCUT2D eigenvalue weighted by atomic mass is 79.9. The summed E-state index contributed by atoms with van der Waals surface area (Å²) in [5.74, 6) is 0.00748. The molecule has 0 radical (unpaired) electrons. The molecule has 6 heteroatoms. The Morgan fingerprint density at radius 2 is 2.17 bits per heavy atom. The number of benzene rings is 1. The first-order valence-electron chi connectivity index (χ1n) is 5.65. The van der Waals surface area contributed by atoms with E-state index in [1.807, 2.05) is 13.0 Å². The molecule has 0 bridgehead atoms. The molecule has 18 heavy (non-hydrogen) atoms. The highest BCUT2D eigenvalue weighted by molar-refractivity contribution is 9.10. The van der Waals surface area contributed by atoms with Gasteiger partial charge in [-0.3, -0.25) is 4.79 Å². The van der Waals surface area contributed by atoms with E-state index in [0.717, 1.165) is 10.0 Å². The number of aryl methyl sites for hydroxylation is 1. The van der Waals surface area contributed by atoms with Crippen LogP contribution < -0.4 is 5.32 Å². The van der Waals surface area contributed by atoms with Crippen molar-refractivity contribution in [2.45, 2.75) is 19.4 Å². The molecule has 1 aromatic carbocycles. The largest absolute Gasteiger partial charge is 0.348 e. The van der Waals surface area contributed by atoms with Crippen molar-refractivity contribution in [1.29, 1.82) is 0 Å². The molecule has 1 saturated heterocycles. The van der Waals surface area contributed by atoms with Gasteiger partial charge in [-0.1, -0.05) is 15.9 Å². The van der Waals surface area contributed by atoms with Crippen LogP contribution in [-0.4, -0.2) is 31.9 Å². The topological polar surface area (TPSA) is 63.2 Å². The van der Waals surface area contributed by atoms with Gasteiger partial charge in [-0.15, -0.1) is 0 Å². The number of rotatable bonds is 2. The molecule has 1 aromatic rings. The molecule has 1 atom stereocenters. The Labute approximate surface area is 115 Å². The third-order valence-corrected chi connectivity index (χ3v) is 5.26.